The zero-order valence-corrected chi connectivity index (χ0v) is 19.9. The van der Waals surface area contributed by atoms with Gasteiger partial charge in [-0.25, -0.2) is 14.4 Å². The number of hydrogen-bond acceptors (Lipinski definition) is 7. The highest BCUT2D eigenvalue weighted by Gasteiger charge is 2.17. The number of carboxylic acid groups (broad SMARTS) is 2. The molecule has 0 spiro atoms. The molecule has 0 bridgehead atoms. The standard InChI is InChI=1S/C24H28N2O3.C2H2O4/c1-25(2)20-11-9-18(10-12-20)22-17-19-7-6-8-21(23(19)29-22)24(27)28-16-15-26-13-4-3-5-14-26;3-1(4)2(5)6/h6-12,17H,3-5,13-16H2,1-2H3;(H,3,4)(H,5,6). The van der Waals surface area contributed by atoms with Gasteiger partial charge in [0.15, 0.2) is 0 Å². The number of carboxylic acids is 2. The third-order valence-corrected chi connectivity index (χ3v) is 5.70. The summed E-state index contributed by atoms with van der Waals surface area (Å²) in [6, 6.07) is 15.8. The lowest BCUT2D eigenvalue weighted by Crippen LogP contribution is -2.33. The number of para-hydroxylation sites is 1. The summed E-state index contributed by atoms with van der Waals surface area (Å²) in [4.78, 5) is 35.3. The zero-order valence-electron chi connectivity index (χ0n) is 19.9. The van der Waals surface area contributed by atoms with Crippen molar-refractivity contribution in [1.29, 1.82) is 0 Å². The number of benzene rings is 2. The van der Waals surface area contributed by atoms with Gasteiger partial charge in [0.1, 0.15) is 23.5 Å². The van der Waals surface area contributed by atoms with Crippen molar-refractivity contribution in [2.75, 3.05) is 45.2 Å². The number of hydrogen-bond donors (Lipinski definition) is 2. The van der Waals surface area contributed by atoms with E-state index in [-0.39, 0.29) is 5.97 Å². The predicted molar refractivity (Wildman–Crippen MR) is 132 cm³/mol. The molecule has 0 unspecified atom stereocenters. The first-order chi connectivity index (χ1) is 16.8. The van der Waals surface area contributed by atoms with Crippen molar-refractivity contribution in [3.8, 4) is 11.3 Å². The van der Waals surface area contributed by atoms with Gasteiger partial charge < -0.3 is 24.3 Å². The topological polar surface area (TPSA) is 121 Å². The van der Waals surface area contributed by atoms with E-state index in [0.29, 0.717) is 17.8 Å². The highest BCUT2D eigenvalue weighted by atomic mass is 16.5. The van der Waals surface area contributed by atoms with E-state index < -0.39 is 11.9 Å². The Morgan fingerprint density at radius 2 is 1.63 bits per heavy atom. The Morgan fingerprint density at radius 3 is 2.23 bits per heavy atom. The molecule has 186 valence electrons. The summed E-state index contributed by atoms with van der Waals surface area (Å²) in [5.74, 6) is -3.22. The van der Waals surface area contributed by atoms with Gasteiger partial charge in [-0.05, 0) is 62.3 Å². The average molecular weight is 483 g/mol. The second-order valence-electron chi connectivity index (χ2n) is 8.42. The summed E-state index contributed by atoms with van der Waals surface area (Å²) in [6.07, 6.45) is 3.77. The molecule has 4 rings (SSSR count). The Kier molecular flexibility index (Phi) is 8.86. The molecule has 9 nitrogen and oxygen atoms in total. The van der Waals surface area contributed by atoms with Crippen LogP contribution in [-0.2, 0) is 14.3 Å². The van der Waals surface area contributed by atoms with E-state index in [1.54, 1.807) is 6.07 Å². The third kappa shape index (κ3) is 7.07. The summed E-state index contributed by atoms with van der Waals surface area (Å²) >= 11 is 0. The zero-order chi connectivity index (χ0) is 25.4. The number of rotatable bonds is 6. The first-order valence-electron chi connectivity index (χ1n) is 11.4. The van der Waals surface area contributed by atoms with Crippen molar-refractivity contribution in [3.63, 3.8) is 0 Å². The minimum absolute atomic E-state index is 0.323. The fourth-order valence-electron chi connectivity index (χ4n) is 3.82. The highest BCUT2D eigenvalue weighted by molar-refractivity contribution is 6.27. The van der Waals surface area contributed by atoms with Crippen molar-refractivity contribution in [2.45, 2.75) is 19.3 Å². The molecular formula is C26H30N2O7. The quantitative estimate of drug-likeness (QED) is 0.397. The van der Waals surface area contributed by atoms with Crippen molar-refractivity contribution in [2.24, 2.45) is 0 Å². The van der Waals surface area contributed by atoms with E-state index in [1.165, 1.54) is 19.3 Å². The van der Waals surface area contributed by atoms with Crippen LogP contribution in [0.1, 0.15) is 29.6 Å². The van der Waals surface area contributed by atoms with Crippen molar-refractivity contribution < 1.29 is 33.8 Å². The van der Waals surface area contributed by atoms with Crippen LogP contribution in [0.25, 0.3) is 22.3 Å². The van der Waals surface area contributed by atoms with Crippen LogP contribution in [0.5, 0.6) is 0 Å². The lowest BCUT2D eigenvalue weighted by molar-refractivity contribution is -0.159. The van der Waals surface area contributed by atoms with E-state index in [1.807, 2.05) is 44.4 Å². The number of furan rings is 1. The van der Waals surface area contributed by atoms with Gasteiger partial charge in [-0.3, -0.25) is 4.90 Å². The van der Waals surface area contributed by atoms with Crippen LogP contribution in [0.15, 0.2) is 52.9 Å². The molecule has 0 atom stereocenters. The monoisotopic (exact) mass is 482 g/mol. The number of anilines is 1. The van der Waals surface area contributed by atoms with Crippen LogP contribution in [0, 0.1) is 0 Å². The Balaban J connectivity index is 0.000000509. The number of likely N-dealkylation sites (tertiary alicyclic amines) is 1. The maximum Gasteiger partial charge on any atom is 0.414 e. The van der Waals surface area contributed by atoms with E-state index in [4.69, 9.17) is 29.0 Å². The summed E-state index contributed by atoms with van der Waals surface area (Å²) in [5.41, 5.74) is 3.18. The Bertz CT molecular complexity index is 1150. The summed E-state index contributed by atoms with van der Waals surface area (Å²) in [5, 5.41) is 15.7. The molecule has 35 heavy (non-hydrogen) atoms. The molecule has 0 radical (unpaired) electrons. The van der Waals surface area contributed by atoms with Gasteiger partial charge in [-0.15, -0.1) is 0 Å². The number of carbonyl (C=O) groups is 3. The molecule has 0 amide bonds. The molecule has 0 aliphatic carbocycles. The van der Waals surface area contributed by atoms with Gasteiger partial charge in [0.2, 0.25) is 0 Å². The van der Waals surface area contributed by atoms with Crippen LogP contribution < -0.4 is 4.90 Å². The van der Waals surface area contributed by atoms with Gasteiger partial charge in [0, 0.05) is 37.3 Å². The number of fused-ring (bicyclic) bond motifs is 1. The highest BCUT2D eigenvalue weighted by Crippen LogP contribution is 2.31. The number of aliphatic carboxylic acids is 2. The van der Waals surface area contributed by atoms with Crippen LogP contribution >= 0.6 is 0 Å². The molecule has 1 aromatic heterocycles. The summed E-state index contributed by atoms with van der Waals surface area (Å²) < 4.78 is 11.6. The molecule has 2 N–H and O–H groups in total. The van der Waals surface area contributed by atoms with Crippen LogP contribution in [0.2, 0.25) is 0 Å². The van der Waals surface area contributed by atoms with E-state index in [0.717, 1.165) is 42.0 Å². The summed E-state index contributed by atoms with van der Waals surface area (Å²) in [6.45, 7) is 3.40. The minimum Gasteiger partial charge on any atom is -0.473 e. The van der Waals surface area contributed by atoms with Gasteiger partial charge in [0.05, 0.1) is 0 Å². The maximum atomic E-state index is 12.7. The second-order valence-corrected chi connectivity index (χ2v) is 8.42. The lowest BCUT2D eigenvalue weighted by Gasteiger charge is -2.25. The first-order valence-corrected chi connectivity index (χ1v) is 11.4. The number of ether oxygens (including phenoxy) is 1. The molecular weight excluding hydrogens is 452 g/mol. The van der Waals surface area contributed by atoms with Gasteiger partial charge in [-0.2, -0.15) is 0 Å². The van der Waals surface area contributed by atoms with Gasteiger partial charge in [0.25, 0.3) is 0 Å². The Hall–Kier alpha value is -3.85. The van der Waals surface area contributed by atoms with Crippen molar-refractivity contribution in [3.05, 3.63) is 54.1 Å². The molecule has 1 fully saturated rings. The fourth-order valence-corrected chi connectivity index (χ4v) is 3.82. The molecule has 1 aliphatic rings. The van der Waals surface area contributed by atoms with Crippen molar-refractivity contribution in [1.82, 2.24) is 4.90 Å². The molecule has 0 saturated carbocycles. The first kappa shape index (κ1) is 25.8. The fraction of sp³-hybridized carbons (Fsp3) is 0.346. The van der Waals surface area contributed by atoms with Crippen LogP contribution in [0.3, 0.4) is 0 Å². The van der Waals surface area contributed by atoms with E-state index in [9.17, 15) is 4.79 Å². The largest absolute Gasteiger partial charge is 0.473 e. The molecule has 3 aromatic rings. The van der Waals surface area contributed by atoms with Gasteiger partial charge >= 0.3 is 17.9 Å². The SMILES string of the molecule is CN(C)c1ccc(-c2cc3cccc(C(=O)OCCN4CCCCC4)c3o2)cc1.O=C(O)C(=O)O. The number of nitrogens with zero attached hydrogens (tertiary/aromatic N) is 2. The second kappa shape index (κ2) is 12.0. The number of carbonyl (C=O) groups excluding carboxylic acids is 1. The average Bonchev–Trinajstić information content (AvgIpc) is 3.29. The smallest absolute Gasteiger partial charge is 0.414 e. The van der Waals surface area contributed by atoms with Crippen LogP contribution in [-0.4, -0.2) is 73.4 Å². The minimum atomic E-state index is -1.82. The Labute approximate surface area is 203 Å². The molecule has 1 aliphatic heterocycles. The van der Waals surface area contributed by atoms with Gasteiger partial charge in [-0.1, -0.05) is 18.6 Å². The van der Waals surface area contributed by atoms with Crippen LogP contribution in [0.4, 0.5) is 5.69 Å². The van der Waals surface area contributed by atoms with Crippen molar-refractivity contribution >= 4 is 34.6 Å². The Morgan fingerprint density at radius 1 is 0.971 bits per heavy atom. The normalized spacial score (nSPS) is 13.5. The maximum absolute atomic E-state index is 12.7. The lowest BCUT2D eigenvalue weighted by atomic mass is 10.1. The molecule has 1 saturated heterocycles. The number of esters is 1. The number of piperidine rings is 1. The summed E-state index contributed by atoms with van der Waals surface area (Å²) in [7, 11) is 4.03. The third-order valence-electron chi connectivity index (χ3n) is 5.70. The molecule has 9 heteroatoms. The van der Waals surface area contributed by atoms with E-state index in [2.05, 4.69) is 21.9 Å². The predicted octanol–water partition coefficient (Wildman–Crippen LogP) is 3.96. The molecule has 2 heterocycles. The van der Waals surface area contributed by atoms with E-state index >= 15 is 0 Å². The molecule has 2 aromatic carbocycles.